The van der Waals surface area contributed by atoms with Crippen molar-refractivity contribution < 1.29 is 18.1 Å². The lowest BCUT2D eigenvalue weighted by Crippen LogP contribution is -2.48. The summed E-state index contributed by atoms with van der Waals surface area (Å²) in [6.45, 7) is 4.95. The maximum atomic E-state index is 13.1. The monoisotopic (exact) mass is 260 g/mol. The predicted octanol–water partition coefficient (Wildman–Crippen LogP) is 2.39. The van der Waals surface area contributed by atoms with E-state index in [4.69, 9.17) is 20.9 Å². The van der Waals surface area contributed by atoms with Crippen LogP contribution in [0, 0.1) is 17.0 Å². The van der Waals surface area contributed by atoms with Gasteiger partial charge >= 0.3 is 7.12 Å². The van der Waals surface area contributed by atoms with Crippen LogP contribution in [0.5, 0.6) is 0 Å². The standard InChI is InChI=1S/C11H12BClF2O2/c1-11(2)5-16-12(17-6-11)7-3-9(14)10(15)4-8(7)13/h3-4H,5-6H2,1-2H3. The molecule has 0 amide bonds. The van der Waals surface area contributed by atoms with Crippen LogP contribution in [0.25, 0.3) is 0 Å². The fourth-order valence-corrected chi connectivity index (χ4v) is 1.83. The minimum atomic E-state index is -0.977. The molecule has 0 saturated carbocycles. The van der Waals surface area contributed by atoms with E-state index in [-0.39, 0.29) is 10.4 Å². The van der Waals surface area contributed by atoms with E-state index in [0.29, 0.717) is 18.7 Å². The predicted molar refractivity (Wildman–Crippen MR) is 62.4 cm³/mol. The molecule has 0 aliphatic carbocycles. The van der Waals surface area contributed by atoms with E-state index < -0.39 is 18.8 Å². The minimum Gasteiger partial charge on any atom is -0.407 e. The fourth-order valence-electron chi connectivity index (χ4n) is 1.59. The van der Waals surface area contributed by atoms with Gasteiger partial charge in [-0.1, -0.05) is 25.4 Å². The molecule has 0 aromatic heterocycles. The van der Waals surface area contributed by atoms with Crippen LogP contribution in [-0.2, 0) is 9.31 Å². The zero-order chi connectivity index (χ0) is 12.6. The summed E-state index contributed by atoms with van der Waals surface area (Å²) >= 11 is 5.84. The second-order valence-corrected chi connectivity index (χ2v) is 5.31. The number of benzene rings is 1. The Bertz CT molecular complexity index is 430. The highest BCUT2D eigenvalue weighted by molar-refractivity contribution is 6.65. The Morgan fingerprint density at radius 1 is 1.18 bits per heavy atom. The van der Waals surface area contributed by atoms with E-state index in [2.05, 4.69) is 0 Å². The molecule has 6 heteroatoms. The van der Waals surface area contributed by atoms with Gasteiger partial charge in [-0.25, -0.2) is 8.78 Å². The molecule has 1 aromatic rings. The van der Waals surface area contributed by atoms with Gasteiger partial charge in [-0.05, 0) is 12.1 Å². The molecule has 1 saturated heterocycles. The van der Waals surface area contributed by atoms with Gasteiger partial charge in [0.15, 0.2) is 11.6 Å². The lowest BCUT2D eigenvalue weighted by molar-refractivity contribution is 0.0343. The zero-order valence-electron chi connectivity index (χ0n) is 9.60. The lowest BCUT2D eigenvalue weighted by atomic mass is 9.76. The second-order valence-electron chi connectivity index (χ2n) is 4.91. The molecule has 0 radical (unpaired) electrons. The maximum absolute atomic E-state index is 13.1. The van der Waals surface area contributed by atoms with Gasteiger partial charge in [0.2, 0.25) is 0 Å². The summed E-state index contributed by atoms with van der Waals surface area (Å²) in [5.41, 5.74) is 0.239. The average Bonchev–Trinajstić information content (AvgIpc) is 2.24. The number of hydrogen-bond donors (Lipinski definition) is 0. The summed E-state index contributed by atoms with van der Waals surface area (Å²) < 4.78 is 36.9. The van der Waals surface area contributed by atoms with Gasteiger partial charge in [0.05, 0.1) is 0 Å². The zero-order valence-corrected chi connectivity index (χ0v) is 10.4. The molecule has 1 heterocycles. The van der Waals surface area contributed by atoms with Gasteiger partial charge in [0, 0.05) is 29.1 Å². The van der Waals surface area contributed by atoms with Gasteiger partial charge in [-0.2, -0.15) is 0 Å². The smallest absolute Gasteiger partial charge is 0.407 e. The van der Waals surface area contributed by atoms with Gasteiger partial charge in [-0.3, -0.25) is 0 Å². The van der Waals surface area contributed by atoms with E-state index >= 15 is 0 Å². The molecule has 1 aromatic carbocycles. The molecule has 92 valence electrons. The topological polar surface area (TPSA) is 18.5 Å². The molecular weight excluding hydrogens is 248 g/mol. The van der Waals surface area contributed by atoms with E-state index in [1.165, 1.54) is 0 Å². The van der Waals surface area contributed by atoms with Crippen molar-refractivity contribution in [2.75, 3.05) is 13.2 Å². The largest absolute Gasteiger partial charge is 0.495 e. The quantitative estimate of drug-likeness (QED) is 0.570. The van der Waals surface area contributed by atoms with E-state index in [0.717, 1.165) is 12.1 Å². The van der Waals surface area contributed by atoms with Crippen molar-refractivity contribution in [2.24, 2.45) is 5.41 Å². The van der Waals surface area contributed by atoms with Crippen molar-refractivity contribution in [1.29, 1.82) is 0 Å². The highest BCUT2D eigenvalue weighted by Crippen LogP contribution is 2.23. The molecule has 0 atom stereocenters. The first-order valence-corrected chi connectivity index (χ1v) is 5.64. The third kappa shape index (κ3) is 2.79. The van der Waals surface area contributed by atoms with E-state index in [9.17, 15) is 8.78 Å². The number of rotatable bonds is 1. The average molecular weight is 260 g/mol. The van der Waals surface area contributed by atoms with Crippen LogP contribution in [0.2, 0.25) is 5.02 Å². The molecule has 1 fully saturated rings. The molecule has 2 rings (SSSR count). The molecule has 0 N–H and O–H groups in total. The SMILES string of the molecule is CC1(C)COB(c2cc(F)c(F)cc2Cl)OC1. The minimum absolute atomic E-state index is 0.0818. The first-order chi connectivity index (χ1) is 7.89. The van der Waals surface area contributed by atoms with Crippen LogP contribution in [0.4, 0.5) is 8.78 Å². The Hall–Kier alpha value is -0.645. The van der Waals surface area contributed by atoms with Gasteiger partial charge in [0.1, 0.15) is 0 Å². The van der Waals surface area contributed by atoms with Crippen molar-refractivity contribution in [3.8, 4) is 0 Å². The molecule has 0 unspecified atom stereocenters. The van der Waals surface area contributed by atoms with Crippen molar-refractivity contribution in [2.45, 2.75) is 13.8 Å². The summed E-state index contributed by atoms with van der Waals surface area (Å²) in [6, 6.07) is 1.94. The highest BCUT2D eigenvalue weighted by atomic mass is 35.5. The maximum Gasteiger partial charge on any atom is 0.495 e. The highest BCUT2D eigenvalue weighted by Gasteiger charge is 2.35. The van der Waals surface area contributed by atoms with Crippen LogP contribution in [0.15, 0.2) is 12.1 Å². The molecular formula is C11H12BClF2O2. The van der Waals surface area contributed by atoms with E-state index in [1.807, 2.05) is 13.8 Å². The van der Waals surface area contributed by atoms with Gasteiger partial charge in [0.25, 0.3) is 0 Å². The van der Waals surface area contributed by atoms with Crippen LogP contribution >= 0.6 is 11.6 Å². The lowest BCUT2D eigenvalue weighted by Gasteiger charge is -2.33. The van der Waals surface area contributed by atoms with Crippen LogP contribution in [0.1, 0.15) is 13.8 Å². The van der Waals surface area contributed by atoms with Crippen molar-refractivity contribution >= 4 is 24.2 Å². The Labute approximate surface area is 104 Å². The molecule has 17 heavy (non-hydrogen) atoms. The van der Waals surface area contributed by atoms with Gasteiger partial charge < -0.3 is 9.31 Å². The molecule has 2 nitrogen and oxygen atoms in total. The number of halogens is 3. The van der Waals surface area contributed by atoms with Gasteiger partial charge in [-0.15, -0.1) is 0 Å². The molecule has 0 bridgehead atoms. The summed E-state index contributed by atoms with van der Waals surface area (Å²) in [5, 5.41) is 0.105. The molecule has 1 aliphatic heterocycles. The molecule has 1 aliphatic rings. The Morgan fingerprint density at radius 2 is 1.71 bits per heavy atom. The third-order valence-electron chi connectivity index (χ3n) is 2.54. The van der Waals surface area contributed by atoms with Crippen molar-refractivity contribution in [1.82, 2.24) is 0 Å². The third-order valence-corrected chi connectivity index (χ3v) is 2.87. The second kappa shape index (κ2) is 4.56. The first kappa shape index (κ1) is 12.8. The summed E-state index contributed by atoms with van der Waals surface area (Å²) in [7, 11) is -0.731. The fraction of sp³-hybridized carbons (Fsp3) is 0.455. The van der Waals surface area contributed by atoms with Crippen LogP contribution in [-0.4, -0.2) is 20.3 Å². The molecule has 0 spiro atoms. The Kier molecular flexibility index (Phi) is 3.43. The Morgan fingerprint density at radius 3 is 2.29 bits per heavy atom. The number of hydrogen-bond acceptors (Lipinski definition) is 2. The summed E-state index contributed by atoms with van der Waals surface area (Å²) in [6.07, 6.45) is 0. The first-order valence-electron chi connectivity index (χ1n) is 5.27. The van der Waals surface area contributed by atoms with Crippen molar-refractivity contribution in [3.05, 3.63) is 28.8 Å². The van der Waals surface area contributed by atoms with Crippen molar-refractivity contribution in [3.63, 3.8) is 0 Å². The normalized spacial score (nSPS) is 19.5. The summed E-state index contributed by atoms with van der Waals surface area (Å²) in [4.78, 5) is 0. The van der Waals surface area contributed by atoms with Crippen LogP contribution in [0.3, 0.4) is 0 Å². The van der Waals surface area contributed by atoms with E-state index in [1.54, 1.807) is 0 Å². The Balaban J connectivity index is 2.21. The summed E-state index contributed by atoms with van der Waals surface area (Å²) in [5.74, 6) is -1.93. The van der Waals surface area contributed by atoms with Crippen LogP contribution < -0.4 is 5.46 Å².